The van der Waals surface area contributed by atoms with E-state index >= 15 is 0 Å². The molecule has 0 radical (unpaired) electrons. The van der Waals surface area contributed by atoms with Gasteiger partial charge in [0.1, 0.15) is 0 Å². The zero-order valence-corrected chi connectivity index (χ0v) is 17.7. The standard InChI is InChI=1S/C17H12Cl2F3IN2O3/c1-16(28,17(20,21)22)15(27)25-13-5-2-8(6-11(13)19)14(26)24-9-3-4-12(23)10(18)7-9/h2-7,28H,1H3,(H,24,26)(H,25,27). The molecule has 0 aliphatic heterocycles. The van der Waals surface area contributed by atoms with Crippen LogP contribution in [0.3, 0.4) is 0 Å². The van der Waals surface area contributed by atoms with Crippen LogP contribution in [0, 0.1) is 3.57 Å². The second kappa shape index (κ2) is 8.44. The van der Waals surface area contributed by atoms with Crippen LogP contribution in [0.25, 0.3) is 0 Å². The number of alkyl halides is 3. The lowest BCUT2D eigenvalue weighted by atomic mass is 10.1. The average Bonchev–Trinajstić information content (AvgIpc) is 2.58. The monoisotopic (exact) mass is 546 g/mol. The maximum Gasteiger partial charge on any atom is 0.426 e. The number of aliphatic hydroxyl groups is 1. The van der Waals surface area contributed by atoms with Crippen LogP contribution in [-0.4, -0.2) is 28.7 Å². The molecule has 0 aromatic heterocycles. The third-order valence-corrected chi connectivity index (χ3v) is 5.54. The van der Waals surface area contributed by atoms with Crippen LogP contribution in [0.1, 0.15) is 17.3 Å². The molecule has 2 aromatic carbocycles. The van der Waals surface area contributed by atoms with Gasteiger partial charge in [-0.3, -0.25) is 9.59 Å². The van der Waals surface area contributed by atoms with Crippen LogP contribution < -0.4 is 10.6 Å². The van der Waals surface area contributed by atoms with E-state index in [-0.39, 0.29) is 16.3 Å². The number of carbonyl (C=O) groups is 2. The van der Waals surface area contributed by atoms with Gasteiger partial charge >= 0.3 is 6.18 Å². The number of hydrogen-bond donors (Lipinski definition) is 3. The van der Waals surface area contributed by atoms with Crippen LogP contribution in [-0.2, 0) is 4.79 Å². The Morgan fingerprint density at radius 2 is 1.68 bits per heavy atom. The number of halogens is 6. The van der Waals surface area contributed by atoms with Gasteiger partial charge in [0.05, 0.1) is 15.7 Å². The Balaban J connectivity index is 2.16. The van der Waals surface area contributed by atoms with Crippen LogP contribution in [0.2, 0.25) is 10.0 Å². The molecule has 1 atom stereocenters. The van der Waals surface area contributed by atoms with Crippen LogP contribution in [0.15, 0.2) is 36.4 Å². The first-order valence-electron chi connectivity index (χ1n) is 7.49. The fourth-order valence-corrected chi connectivity index (χ4v) is 2.65. The number of hydrogen-bond acceptors (Lipinski definition) is 3. The van der Waals surface area contributed by atoms with Crippen LogP contribution in [0.5, 0.6) is 0 Å². The summed E-state index contributed by atoms with van der Waals surface area (Å²) in [5.74, 6) is -2.24. The predicted octanol–water partition coefficient (Wildman–Crippen LogP) is 5.10. The largest absolute Gasteiger partial charge is 0.426 e. The first kappa shape index (κ1) is 22.7. The molecular formula is C17H12Cl2F3IN2O3. The van der Waals surface area contributed by atoms with Gasteiger partial charge in [-0.05, 0) is 65.9 Å². The third-order valence-electron chi connectivity index (χ3n) is 3.65. The van der Waals surface area contributed by atoms with Crippen molar-refractivity contribution in [3.05, 3.63) is 55.6 Å². The molecule has 5 nitrogen and oxygen atoms in total. The van der Waals surface area contributed by atoms with Crippen molar-refractivity contribution in [2.45, 2.75) is 18.7 Å². The van der Waals surface area contributed by atoms with Gasteiger partial charge in [-0.2, -0.15) is 13.2 Å². The lowest BCUT2D eigenvalue weighted by molar-refractivity contribution is -0.242. The Morgan fingerprint density at radius 3 is 2.21 bits per heavy atom. The molecule has 0 saturated carbocycles. The lowest BCUT2D eigenvalue weighted by Crippen LogP contribution is -2.52. The fraction of sp³-hybridized carbons (Fsp3) is 0.176. The van der Waals surface area contributed by atoms with Crippen molar-refractivity contribution in [2.24, 2.45) is 0 Å². The van der Waals surface area contributed by atoms with E-state index in [4.69, 9.17) is 23.2 Å². The molecule has 0 heterocycles. The second-order valence-corrected chi connectivity index (χ2v) is 7.78. The summed E-state index contributed by atoms with van der Waals surface area (Å²) in [6, 6.07) is 8.48. The molecule has 1 unspecified atom stereocenters. The number of benzene rings is 2. The number of rotatable bonds is 4. The maximum absolute atomic E-state index is 12.7. The summed E-state index contributed by atoms with van der Waals surface area (Å²) in [7, 11) is 0. The Hall–Kier alpha value is -1.56. The van der Waals surface area contributed by atoms with Crippen LogP contribution >= 0.6 is 45.8 Å². The van der Waals surface area contributed by atoms with Gasteiger partial charge in [0.15, 0.2) is 0 Å². The lowest BCUT2D eigenvalue weighted by Gasteiger charge is -2.25. The van der Waals surface area contributed by atoms with E-state index in [9.17, 15) is 27.9 Å². The second-order valence-electron chi connectivity index (χ2n) is 5.80. The zero-order chi connectivity index (χ0) is 21.3. The van der Waals surface area contributed by atoms with Crippen LogP contribution in [0.4, 0.5) is 24.5 Å². The van der Waals surface area contributed by atoms with Gasteiger partial charge in [0.2, 0.25) is 5.60 Å². The van der Waals surface area contributed by atoms with Crippen molar-refractivity contribution in [2.75, 3.05) is 10.6 Å². The van der Waals surface area contributed by atoms with Crippen molar-refractivity contribution >= 4 is 69.0 Å². The minimum absolute atomic E-state index is 0.0975. The van der Waals surface area contributed by atoms with E-state index in [1.54, 1.807) is 18.2 Å². The number of anilines is 2. The summed E-state index contributed by atoms with van der Waals surface area (Å²) in [6.07, 6.45) is -5.17. The van der Waals surface area contributed by atoms with E-state index in [2.05, 4.69) is 5.32 Å². The van der Waals surface area contributed by atoms with Crippen molar-refractivity contribution in [1.29, 1.82) is 0 Å². The van der Waals surface area contributed by atoms with Gasteiger partial charge in [-0.1, -0.05) is 23.2 Å². The van der Waals surface area contributed by atoms with Gasteiger partial charge in [0.25, 0.3) is 11.8 Å². The summed E-state index contributed by atoms with van der Waals surface area (Å²) >= 11 is 14.0. The summed E-state index contributed by atoms with van der Waals surface area (Å²) < 4.78 is 38.9. The highest BCUT2D eigenvalue weighted by Gasteiger charge is 2.55. The molecular weight excluding hydrogens is 535 g/mol. The van der Waals surface area contributed by atoms with E-state index in [0.717, 1.165) is 9.64 Å². The quantitative estimate of drug-likeness (QED) is 0.467. The van der Waals surface area contributed by atoms with E-state index in [1.807, 2.05) is 27.9 Å². The average molecular weight is 547 g/mol. The van der Waals surface area contributed by atoms with E-state index in [1.165, 1.54) is 12.1 Å². The van der Waals surface area contributed by atoms with Crippen molar-refractivity contribution in [1.82, 2.24) is 0 Å². The Kier molecular flexibility index (Phi) is 6.85. The number of nitrogens with one attached hydrogen (secondary N) is 2. The summed E-state index contributed by atoms with van der Waals surface area (Å²) in [4.78, 5) is 24.0. The molecule has 150 valence electrons. The SMILES string of the molecule is CC(O)(C(=O)Nc1ccc(C(=O)Nc2ccc(I)c(Cl)c2)cc1Cl)C(F)(F)F. The molecule has 0 bridgehead atoms. The first-order chi connectivity index (χ1) is 12.8. The van der Waals surface area contributed by atoms with Gasteiger partial charge in [-0.15, -0.1) is 0 Å². The third kappa shape index (κ3) is 5.07. The minimum Gasteiger partial charge on any atom is -0.373 e. The highest BCUT2D eigenvalue weighted by atomic mass is 127. The Labute approximate surface area is 181 Å². The zero-order valence-electron chi connectivity index (χ0n) is 14.0. The molecule has 0 aliphatic rings. The summed E-state index contributed by atoms with van der Waals surface area (Å²) in [5, 5.41) is 14.1. The van der Waals surface area contributed by atoms with E-state index < -0.39 is 23.6 Å². The smallest absolute Gasteiger partial charge is 0.373 e. The topological polar surface area (TPSA) is 78.4 Å². The molecule has 2 aromatic rings. The Bertz CT molecular complexity index is 936. The number of amides is 2. The molecule has 2 rings (SSSR count). The highest BCUT2D eigenvalue weighted by Crippen LogP contribution is 2.32. The van der Waals surface area contributed by atoms with Crippen molar-refractivity contribution < 1.29 is 27.9 Å². The minimum atomic E-state index is -5.17. The summed E-state index contributed by atoms with van der Waals surface area (Å²) in [5.41, 5.74) is -3.26. The van der Waals surface area contributed by atoms with E-state index in [0.29, 0.717) is 17.6 Å². The molecule has 0 spiro atoms. The predicted molar refractivity (Wildman–Crippen MR) is 109 cm³/mol. The molecule has 2 amide bonds. The molecule has 28 heavy (non-hydrogen) atoms. The van der Waals surface area contributed by atoms with Crippen molar-refractivity contribution in [3.63, 3.8) is 0 Å². The molecule has 0 fully saturated rings. The van der Waals surface area contributed by atoms with Crippen molar-refractivity contribution in [3.8, 4) is 0 Å². The molecule has 0 aliphatic carbocycles. The maximum atomic E-state index is 12.7. The fourth-order valence-electron chi connectivity index (χ4n) is 1.91. The molecule has 0 saturated heterocycles. The van der Waals surface area contributed by atoms with Gasteiger partial charge < -0.3 is 15.7 Å². The first-order valence-corrected chi connectivity index (χ1v) is 9.33. The number of carbonyl (C=O) groups excluding carboxylic acids is 2. The van der Waals surface area contributed by atoms with Gasteiger partial charge in [-0.25, -0.2) is 0 Å². The Morgan fingerprint density at radius 1 is 1.04 bits per heavy atom. The highest BCUT2D eigenvalue weighted by molar-refractivity contribution is 14.1. The normalized spacial score (nSPS) is 13.6. The van der Waals surface area contributed by atoms with Gasteiger partial charge in [0, 0.05) is 14.8 Å². The molecule has 11 heteroatoms. The molecule has 3 N–H and O–H groups in total. The summed E-state index contributed by atoms with van der Waals surface area (Å²) in [6.45, 7) is 0.324.